The summed E-state index contributed by atoms with van der Waals surface area (Å²) < 4.78 is 5.89. The zero-order valence-corrected chi connectivity index (χ0v) is 20.5. The summed E-state index contributed by atoms with van der Waals surface area (Å²) in [5, 5.41) is 17.3. The quantitative estimate of drug-likeness (QED) is 0.352. The van der Waals surface area contributed by atoms with Gasteiger partial charge in [-0.2, -0.15) is 0 Å². The molecule has 3 N–H and O–H groups in total. The molecule has 34 heavy (non-hydrogen) atoms. The number of nitrogens with zero attached hydrogens (tertiary/aromatic N) is 1. The summed E-state index contributed by atoms with van der Waals surface area (Å²) >= 11 is 1.38. The van der Waals surface area contributed by atoms with Gasteiger partial charge in [-0.15, -0.1) is 0 Å². The van der Waals surface area contributed by atoms with Crippen molar-refractivity contribution in [3.8, 4) is 5.19 Å². The summed E-state index contributed by atoms with van der Waals surface area (Å²) in [4.78, 5) is 42.8. The number of carbonyl (C=O) groups excluding carboxylic acids is 2. The Hall–Kier alpha value is -2.94. The second-order valence-corrected chi connectivity index (χ2v) is 10.0. The SMILES string of the molecule is CCCCC(CC1(COc2nccs2)CCC1)(NC(=O)O)C(=O)C(=O)N[C@H](C)c1ccccc1. The van der Waals surface area contributed by atoms with Crippen molar-refractivity contribution in [1.82, 2.24) is 15.6 Å². The molecule has 9 heteroatoms. The minimum absolute atomic E-state index is 0.212. The number of nitrogens with one attached hydrogen (secondary N) is 2. The lowest BCUT2D eigenvalue weighted by Crippen LogP contribution is -2.62. The fourth-order valence-electron chi connectivity index (χ4n) is 4.62. The van der Waals surface area contributed by atoms with Crippen molar-refractivity contribution in [2.24, 2.45) is 5.41 Å². The molecule has 8 nitrogen and oxygen atoms in total. The van der Waals surface area contributed by atoms with Crippen LogP contribution in [-0.2, 0) is 9.59 Å². The smallest absolute Gasteiger partial charge is 0.405 e. The number of rotatable bonds is 13. The van der Waals surface area contributed by atoms with Gasteiger partial charge in [0.25, 0.3) is 11.1 Å². The largest absolute Gasteiger partial charge is 0.469 e. The summed E-state index contributed by atoms with van der Waals surface area (Å²) in [5.74, 6) is -1.52. The number of hydrogen-bond donors (Lipinski definition) is 3. The zero-order valence-electron chi connectivity index (χ0n) is 19.7. The van der Waals surface area contributed by atoms with Crippen molar-refractivity contribution in [2.75, 3.05) is 6.61 Å². The van der Waals surface area contributed by atoms with Crippen molar-refractivity contribution in [3.05, 3.63) is 47.5 Å². The Bertz CT molecular complexity index is 962. The van der Waals surface area contributed by atoms with Gasteiger partial charge in [0.1, 0.15) is 5.54 Å². The normalized spacial score (nSPS) is 17.0. The van der Waals surface area contributed by atoms with E-state index < -0.39 is 34.8 Å². The number of benzene rings is 1. The summed E-state index contributed by atoms with van der Waals surface area (Å²) in [6.45, 7) is 4.09. The predicted octanol–water partition coefficient (Wildman–Crippen LogP) is 4.73. The molecule has 1 unspecified atom stereocenters. The van der Waals surface area contributed by atoms with Crippen molar-refractivity contribution >= 4 is 29.1 Å². The van der Waals surface area contributed by atoms with E-state index in [9.17, 15) is 19.5 Å². The van der Waals surface area contributed by atoms with Gasteiger partial charge in [0.05, 0.1) is 12.6 Å². The first-order chi connectivity index (χ1) is 16.3. The molecule has 0 radical (unpaired) electrons. The van der Waals surface area contributed by atoms with Gasteiger partial charge >= 0.3 is 6.09 Å². The Morgan fingerprint density at radius 2 is 2.00 bits per heavy atom. The van der Waals surface area contributed by atoms with Gasteiger partial charge in [0.15, 0.2) is 0 Å². The van der Waals surface area contributed by atoms with Crippen molar-refractivity contribution in [1.29, 1.82) is 0 Å². The van der Waals surface area contributed by atoms with Crippen LogP contribution in [0.15, 0.2) is 41.9 Å². The molecule has 1 saturated carbocycles. The zero-order chi connectivity index (χ0) is 24.6. The van der Waals surface area contributed by atoms with Crippen LogP contribution in [0.1, 0.15) is 70.4 Å². The van der Waals surface area contributed by atoms with Gasteiger partial charge in [-0.25, -0.2) is 9.78 Å². The Morgan fingerprint density at radius 3 is 2.56 bits per heavy atom. The van der Waals surface area contributed by atoms with Crippen LogP contribution < -0.4 is 15.4 Å². The maximum Gasteiger partial charge on any atom is 0.405 e. The monoisotopic (exact) mass is 487 g/mol. The van der Waals surface area contributed by atoms with Crippen LogP contribution in [0.3, 0.4) is 0 Å². The van der Waals surface area contributed by atoms with Gasteiger partial charge in [0.2, 0.25) is 5.78 Å². The van der Waals surface area contributed by atoms with E-state index in [1.807, 2.05) is 42.6 Å². The minimum Gasteiger partial charge on any atom is -0.469 e. The standard InChI is InChI=1S/C25H33N3O5S/c1-3-4-13-25(28-22(31)32,16-24(11-8-12-24)17-33-23-26-14-15-34-23)20(29)21(30)27-18(2)19-9-6-5-7-10-19/h5-7,9-10,14-15,18,28H,3-4,8,11-13,16-17H2,1-2H3,(H,27,30)(H,31,32)/t18-,25?/m1/s1. The van der Waals surface area contributed by atoms with Gasteiger partial charge < -0.3 is 20.5 Å². The second kappa shape index (κ2) is 11.5. The molecule has 1 aromatic carbocycles. The molecular weight excluding hydrogens is 454 g/mol. The topological polar surface area (TPSA) is 118 Å². The predicted molar refractivity (Wildman–Crippen MR) is 130 cm³/mol. The van der Waals surface area contributed by atoms with E-state index >= 15 is 0 Å². The molecule has 2 atom stereocenters. The maximum atomic E-state index is 13.6. The lowest BCUT2D eigenvalue weighted by molar-refractivity contribution is -0.144. The summed E-state index contributed by atoms with van der Waals surface area (Å²) in [7, 11) is 0. The third-order valence-corrected chi connectivity index (χ3v) is 7.28. The number of thiazole rings is 1. The molecule has 184 valence electrons. The van der Waals surface area contributed by atoms with E-state index in [0.29, 0.717) is 18.2 Å². The van der Waals surface area contributed by atoms with E-state index in [-0.39, 0.29) is 12.8 Å². The molecular formula is C25H33N3O5S. The first kappa shape index (κ1) is 25.7. The number of amides is 2. The lowest BCUT2D eigenvalue weighted by Gasteiger charge is -2.47. The number of unbranched alkanes of at least 4 members (excludes halogenated alkanes) is 1. The number of carbonyl (C=O) groups is 3. The van der Waals surface area contributed by atoms with E-state index in [0.717, 1.165) is 31.2 Å². The highest BCUT2D eigenvalue weighted by Gasteiger charge is 2.51. The number of ketones is 1. The highest BCUT2D eigenvalue weighted by Crippen LogP contribution is 2.48. The number of Topliss-reactive ketones (excluding diaryl/α,β-unsaturated/α-hetero) is 1. The third-order valence-electron chi connectivity index (χ3n) is 6.59. The Labute approximate surface area is 204 Å². The van der Waals surface area contributed by atoms with Gasteiger partial charge in [0, 0.05) is 17.0 Å². The van der Waals surface area contributed by atoms with Gasteiger partial charge in [-0.05, 0) is 38.2 Å². The van der Waals surface area contributed by atoms with Crippen molar-refractivity contribution < 1.29 is 24.2 Å². The Balaban J connectivity index is 1.83. The van der Waals surface area contributed by atoms with Crippen LogP contribution in [0.2, 0.25) is 0 Å². The average molecular weight is 488 g/mol. The molecule has 1 fully saturated rings. The first-order valence-electron chi connectivity index (χ1n) is 11.7. The van der Waals surface area contributed by atoms with Gasteiger partial charge in [-0.3, -0.25) is 9.59 Å². The van der Waals surface area contributed by atoms with E-state index in [2.05, 4.69) is 15.6 Å². The van der Waals surface area contributed by atoms with Crippen molar-refractivity contribution in [3.63, 3.8) is 0 Å². The molecule has 2 amide bonds. The van der Waals surface area contributed by atoms with Crippen LogP contribution in [0.5, 0.6) is 5.19 Å². The molecule has 0 saturated heterocycles. The molecule has 1 aliphatic rings. The number of carboxylic acid groups (broad SMARTS) is 1. The maximum absolute atomic E-state index is 13.6. The fraction of sp³-hybridized carbons (Fsp3) is 0.520. The summed E-state index contributed by atoms with van der Waals surface area (Å²) in [5.41, 5.74) is -1.06. The highest BCUT2D eigenvalue weighted by atomic mass is 32.1. The second-order valence-electron chi connectivity index (χ2n) is 9.17. The molecule has 1 heterocycles. The summed E-state index contributed by atoms with van der Waals surface area (Å²) in [6.07, 6.45) is 4.73. The highest BCUT2D eigenvalue weighted by molar-refractivity contribution is 7.11. The van der Waals surface area contributed by atoms with E-state index in [4.69, 9.17) is 4.74 Å². The van der Waals surface area contributed by atoms with Gasteiger partial charge in [-0.1, -0.05) is 67.9 Å². The van der Waals surface area contributed by atoms with E-state index in [1.165, 1.54) is 11.3 Å². The third kappa shape index (κ3) is 6.34. The lowest BCUT2D eigenvalue weighted by atomic mass is 9.61. The molecule has 0 bridgehead atoms. The Kier molecular flexibility index (Phi) is 8.66. The van der Waals surface area contributed by atoms with Crippen LogP contribution in [0, 0.1) is 5.41 Å². The number of hydrogen-bond acceptors (Lipinski definition) is 6. The number of aromatic nitrogens is 1. The van der Waals surface area contributed by atoms with Crippen LogP contribution >= 0.6 is 11.3 Å². The molecule has 1 aliphatic carbocycles. The summed E-state index contributed by atoms with van der Waals surface area (Å²) in [6, 6.07) is 8.95. The van der Waals surface area contributed by atoms with Crippen LogP contribution in [-0.4, -0.2) is 40.0 Å². The Morgan fingerprint density at radius 1 is 1.26 bits per heavy atom. The molecule has 2 aromatic rings. The number of ether oxygens (including phenoxy) is 1. The minimum atomic E-state index is -1.52. The van der Waals surface area contributed by atoms with Crippen molar-refractivity contribution in [2.45, 2.75) is 70.4 Å². The molecule has 1 aromatic heterocycles. The molecule has 3 rings (SSSR count). The van der Waals surface area contributed by atoms with E-state index in [1.54, 1.807) is 13.1 Å². The first-order valence-corrected chi connectivity index (χ1v) is 12.6. The molecule has 0 aliphatic heterocycles. The van der Waals surface area contributed by atoms with Crippen LogP contribution in [0.4, 0.5) is 4.79 Å². The van der Waals surface area contributed by atoms with Crippen LogP contribution in [0.25, 0.3) is 0 Å². The molecule has 0 spiro atoms. The average Bonchev–Trinajstić information content (AvgIpc) is 3.32. The fourth-order valence-corrected chi connectivity index (χ4v) is 5.11.